The van der Waals surface area contributed by atoms with Crippen molar-refractivity contribution in [2.75, 3.05) is 0 Å². The maximum Gasteiger partial charge on any atom is 1.00 e. The van der Waals surface area contributed by atoms with E-state index in [1.54, 1.807) is 24.3 Å². The first-order chi connectivity index (χ1) is 6.27. The predicted octanol–water partition coefficient (Wildman–Crippen LogP) is -1.22. The number of imide groups is 1. The van der Waals surface area contributed by atoms with E-state index in [-0.39, 0.29) is 29.6 Å². The fraction of sp³-hybridized carbons (Fsp3) is 0.111. The van der Waals surface area contributed by atoms with Gasteiger partial charge in [0.15, 0.2) is 6.10 Å². The Bertz CT molecular complexity index is 352. The zero-order valence-corrected chi connectivity index (χ0v) is 9.64. The Balaban J connectivity index is 0.000000980. The smallest absolute Gasteiger partial charge is 0.556 e. The van der Waals surface area contributed by atoms with Gasteiger partial charge in [0.05, 0.1) is 0 Å². The second-order valence-electron chi connectivity index (χ2n) is 2.62. The van der Waals surface area contributed by atoms with Crippen molar-refractivity contribution >= 4 is 12.0 Å². The molecule has 1 unspecified atom stereocenters. The molecule has 5 heteroatoms. The minimum absolute atomic E-state index is 0. The molecule has 1 heterocycles. The van der Waals surface area contributed by atoms with Crippen LogP contribution in [0.5, 0.6) is 0 Å². The molecule has 0 saturated carbocycles. The molecule has 66 valence electrons. The van der Waals surface area contributed by atoms with Gasteiger partial charge in [0.1, 0.15) is 5.91 Å². The van der Waals surface area contributed by atoms with Gasteiger partial charge in [-0.1, -0.05) is 30.3 Å². The molecule has 1 fully saturated rings. The number of amides is 2. The number of rotatable bonds is 1. The molecule has 1 aliphatic rings. The minimum atomic E-state index is -0.839. The summed E-state index contributed by atoms with van der Waals surface area (Å²) in [6.07, 6.45) is -1.65. The third-order valence-electron chi connectivity index (χ3n) is 1.75. The zero-order chi connectivity index (χ0) is 9.26. The van der Waals surface area contributed by atoms with Crippen LogP contribution in [0.1, 0.15) is 11.7 Å². The summed E-state index contributed by atoms with van der Waals surface area (Å²) in [6, 6.07) is 8.80. The normalized spacial score (nSPS) is 19.6. The van der Waals surface area contributed by atoms with Crippen molar-refractivity contribution < 1.29 is 43.9 Å². The number of benzene rings is 1. The minimum Gasteiger partial charge on any atom is -0.556 e. The van der Waals surface area contributed by atoms with Crippen LogP contribution in [0.2, 0.25) is 0 Å². The molecule has 0 aromatic heterocycles. The number of hydrogen-bond acceptors (Lipinski definition) is 3. The van der Waals surface area contributed by atoms with Gasteiger partial charge in [-0.3, -0.25) is 4.79 Å². The molecule has 1 aliphatic heterocycles. The third kappa shape index (κ3) is 2.15. The molecular formula is C9H6NNaO3. The van der Waals surface area contributed by atoms with Crippen LogP contribution < -0.4 is 29.6 Å². The SMILES string of the molecule is O=C1[N-]C(=O)C(c2ccccc2)O1.[Na+]. The molecule has 1 aromatic carbocycles. The first-order valence-corrected chi connectivity index (χ1v) is 3.78. The van der Waals surface area contributed by atoms with E-state index >= 15 is 0 Å². The van der Waals surface area contributed by atoms with E-state index in [1.165, 1.54) is 0 Å². The van der Waals surface area contributed by atoms with Crippen LogP contribution in [-0.2, 0) is 9.53 Å². The topological polar surface area (TPSA) is 57.5 Å². The Kier molecular flexibility index (Phi) is 3.69. The van der Waals surface area contributed by atoms with Crippen molar-refractivity contribution in [3.8, 4) is 0 Å². The first kappa shape index (κ1) is 11.2. The van der Waals surface area contributed by atoms with Crippen LogP contribution in [0.15, 0.2) is 30.3 Å². The Labute approximate surface area is 103 Å². The van der Waals surface area contributed by atoms with E-state index in [0.717, 1.165) is 0 Å². The number of ether oxygens (including phenoxy) is 1. The molecule has 0 N–H and O–H groups in total. The summed E-state index contributed by atoms with van der Waals surface area (Å²) >= 11 is 0. The average molecular weight is 199 g/mol. The number of carbonyl (C=O) groups is 2. The van der Waals surface area contributed by atoms with Crippen LogP contribution >= 0.6 is 0 Å². The molecule has 1 aromatic rings. The second kappa shape index (κ2) is 4.59. The van der Waals surface area contributed by atoms with Gasteiger partial charge in [0.25, 0.3) is 0 Å². The standard InChI is InChI=1S/C9H7NO3.Na/c11-8-7(13-9(12)10-8)6-4-2-1-3-5-6;/h1-5,7H,(H,10,11,12);/q;+1/p-1. The second-order valence-corrected chi connectivity index (χ2v) is 2.62. The largest absolute Gasteiger partial charge is 1.00 e. The van der Waals surface area contributed by atoms with E-state index in [0.29, 0.717) is 5.56 Å². The number of carbonyl (C=O) groups excluding carboxylic acids is 2. The van der Waals surface area contributed by atoms with Crippen molar-refractivity contribution in [3.63, 3.8) is 0 Å². The molecule has 1 atom stereocenters. The summed E-state index contributed by atoms with van der Waals surface area (Å²) in [7, 11) is 0. The molecule has 4 nitrogen and oxygen atoms in total. The fourth-order valence-corrected chi connectivity index (χ4v) is 1.16. The summed E-state index contributed by atoms with van der Waals surface area (Å²) < 4.78 is 4.70. The van der Waals surface area contributed by atoms with Gasteiger partial charge in [-0.15, -0.1) is 0 Å². The Morgan fingerprint density at radius 3 is 2.29 bits per heavy atom. The van der Waals surface area contributed by atoms with Crippen molar-refractivity contribution in [2.45, 2.75) is 6.10 Å². The van der Waals surface area contributed by atoms with Gasteiger partial charge in [-0.25, -0.2) is 0 Å². The fourth-order valence-electron chi connectivity index (χ4n) is 1.16. The van der Waals surface area contributed by atoms with E-state index in [4.69, 9.17) is 4.74 Å². The van der Waals surface area contributed by atoms with E-state index < -0.39 is 18.1 Å². The zero-order valence-electron chi connectivity index (χ0n) is 7.64. The summed E-state index contributed by atoms with van der Waals surface area (Å²) in [4.78, 5) is 21.7. The monoisotopic (exact) mass is 199 g/mol. The number of cyclic esters (lactones) is 1. The van der Waals surface area contributed by atoms with E-state index in [2.05, 4.69) is 5.32 Å². The molecule has 2 amide bonds. The molecule has 14 heavy (non-hydrogen) atoms. The van der Waals surface area contributed by atoms with Crippen LogP contribution in [0.25, 0.3) is 5.32 Å². The Hall–Kier alpha value is -0.840. The predicted molar refractivity (Wildman–Crippen MR) is 44.0 cm³/mol. The maximum atomic E-state index is 11.1. The molecule has 0 bridgehead atoms. The average Bonchev–Trinajstić information content (AvgIpc) is 2.47. The van der Waals surface area contributed by atoms with Crippen LogP contribution in [0, 0.1) is 0 Å². The number of hydrogen-bond donors (Lipinski definition) is 0. The van der Waals surface area contributed by atoms with Gasteiger partial charge in [-0.2, -0.15) is 0 Å². The van der Waals surface area contributed by atoms with Crippen molar-refractivity contribution in [2.24, 2.45) is 0 Å². The van der Waals surface area contributed by atoms with Gasteiger partial charge in [0.2, 0.25) is 6.09 Å². The van der Waals surface area contributed by atoms with Gasteiger partial charge >= 0.3 is 29.6 Å². The number of nitrogens with zero attached hydrogens (tertiary/aromatic N) is 1. The van der Waals surface area contributed by atoms with Crippen molar-refractivity contribution in [3.05, 3.63) is 41.2 Å². The quantitative estimate of drug-likeness (QED) is 0.533. The first-order valence-electron chi connectivity index (χ1n) is 3.78. The summed E-state index contributed by atoms with van der Waals surface area (Å²) in [5.41, 5.74) is 0.655. The molecule has 0 aliphatic carbocycles. The van der Waals surface area contributed by atoms with Crippen LogP contribution in [0.4, 0.5) is 4.79 Å². The summed E-state index contributed by atoms with van der Waals surface area (Å²) in [5.74, 6) is -0.531. The van der Waals surface area contributed by atoms with Gasteiger partial charge < -0.3 is 14.8 Å². The molecular weight excluding hydrogens is 193 g/mol. The molecule has 0 spiro atoms. The molecule has 2 rings (SSSR count). The van der Waals surface area contributed by atoms with Crippen molar-refractivity contribution in [1.29, 1.82) is 0 Å². The van der Waals surface area contributed by atoms with E-state index in [9.17, 15) is 9.59 Å². The maximum absolute atomic E-state index is 11.1. The Morgan fingerprint density at radius 1 is 1.14 bits per heavy atom. The molecule has 1 saturated heterocycles. The third-order valence-corrected chi connectivity index (χ3v) is 1.75. The summed E-state index contributed by atoms with van der Waals surface area (Å²) in [5, 5.41) is 3.15. The Morgan fingerprint density at radius 2 is 1.79 bits per heavy atom. The van der Waals surface area contributed by atoms with E-state index in [1.807, 2.05) is 6.07 Å². The molecule has 0 radical (unpaired) electrons. The van der Waals surface area contributed by atoms with Crippen LogP contribution in [-0.4, -0.2) is 12.0 Å². The summed E-state index contributed by atoms with van der Waals surface area (Å²) in [6.45, 7) is 0. The van der Waals surface area contributed by atoms with Gasteiger partial charge in [0, 0.05) is 0 Å². The van der Waals surface area contributed by atoms with Gasteiger partial charge in [-0.05, 0) is 5.56 Å². The van der Waals surface area contributed by atoms with Crippen LogP contribution in [0.3, 0.4) is 0 Å². The van der Waals surface area contributed by atoms with Crippen molar-refractivity contribution in [1.82, 2.24) is 0 Å².